The molecule has 1 aromatic carbocycles. The van der Waals surface area contributed by atoms with Gasteiger partial charge in [-0.15, -0.1) is 0 Å². The number of halogens is 2. The van der Waals surface area contributed by atoms with Crippen molar-refractivity contribution in [2.75, 3.05) is 44.2 Å². The maximum Gasteiger partial charge on any atom is 0.250 e. The Labute approximate surface area is 180 Å². The predicted molar refractivity (Wildman–Crippen MR) is 115 cm³/mol. The monoisotopic (exact) mass is 427 g/mol. The number of piperidine rings is 2. The molecule has 2 aromatic rings. The molecule has 0 atom stereocenters. The molecule has 31 heavy (non-hydrogen) atoms. The predicted octanol–water partition coefficient (Wildman–Crippen LogP) is 3.17. The second-order valence-electron chi connectivity index (χ2n) is 8.39. The second kappa shape index (κ2) is 9.15. The maximum atomic E-state index is 13.2. The Morgan fingerprint density at radius 2 is 1.94 bits per heavy atom. The number of rotatable bonds is 5. The Bertz CT molecular complexity index is 972. The summed E-state index contributed by atoms with van der Waals surface area (Å²) < 4.78 is 26.5. The third-order valence-electron chi connectivity index (χ3n) is 6.39. The van der Waals surface area contributed by atoms with E-state index < -0.39 is 5.92 Å². The summed E-state index contributed by atoms with van der Waals surface area (Å²) in [4.78, 5) is 21.2. The third kappa shape index (κ3) is 4.93. The molecule has 0 saturated carbocycles. The van der Waals surface area contributed by atoms with E-state index in [1.54, 1.807) is 12.3 Å². The fraction of sp³-hybridized carbons (Fsp3) is 0.522. The van der Waals surface area contributed by atoms with Crippen molar-refractivity contribution in [3.8, 4) is 6.07 Å². The molecule has 4 rings (SSSR count). The number of benzene rings is 1. The van der Waals surface area contributed by atoms with E-state index in [1.165, 1.54) is 0 Å². The highest BCUT2D eigenvalue weighted by Gasteiger charge is 2.33. The number of nitrogens with zero attached hydrogens (tertiary/aromatic N) is 4. The van der Waals surface area contributed by atoms with Crippen LogP contribution in [0.25, 0.3) is 10.9 Å². The minimum atomic E-state index is -2.54. The SMILES string of the molecule is N#Cc1ccc(N2CCC(C(=O)NCCN3CCC(F)(F)CC3)CC2)c2cccnc12. The lowest BCUT2D eigenvalue weighted by molar-refractivity contribution is -0.125. The summed E-state index contributed by atoms with van der Waals surface area (Å²) in [7, 11) is 0. The molecule has 1 aromatic heterocycles. The van der Waals surface area contributed by atoms with Crippen LogP contribution >= 0.6 is 0 Å². The zero-order valence-electron chi connectivity index (χ0n) is 17.5. The molecule has 2 fully saturated rings. The van der Waals surface area contributed by atoms with Gasteiger partial charge >= 0.3 is 0 Å². The molecule has 2 aliphatic heterocycles. The van der Waals surface area contributed by atoms with Gasteiger partial charge in [-0.05, 0) is 37.1 Å². The molecule has 0 radical (unpaired) electrons. The van der Waals surface area contributed by atoms with Crippen LogP contribution in [-0.4, -0.2) is 61.0 Å². The number of anilines is 1. The number of aromatic nitrogens is 1. The first-order chi connectivity index (χ1) is 15.0. The molecule has 6 nitrogen and oxygen atoms in total. The van der Waals surface area contributed by atoms with Gasteiger partial charge in [-0.25, -0.2) is 8.78 Å². The highest BCUT2D eigenvalue weighted by Crippen LogP contribution is 2.31. The van der Waals surface area contributed by atoms with Gasteiger partial charge < -0.3 is 15.1 Å². The van der Waals surface area contributed by atoms with Crippen LogP contribution < -0.4 is 10.2 Å². The van der Waals surface area contributed by atoms with E-state index in [0.29, 0.717) is 37.3 Å². The molecular weight excluding hydrogens is 400 g/mol. The van der Waals surface area contributed by atoms with E-state index in [0.717, 1.165) is 37.0 Å². The van der Waals surface area contributed by atoms with Gasteiger partial charge in [-0.1, -0.05) is 0 Å². The van der Waals surface area contributed by atoms with Gasteiger partial charge in [0.2, 0.25) is 5.91 Å². The highest BCUT2D eigenvalue weighted by molar-refractivity contribution is 5.95. The number of hydrogen-bond acceptors (Lipinski definition) is 5. The Hall–Kier alpha value is -2.79. The summed E-state index contributed by atoms with van der Waals surface area (Å²) in [5.41, 5.74) is 2.31. The van der Waals surface area contributed by atoms with E-state index >= 15 is 0 Å². The molecule has 8 heteroatoms. The summed E-state index contributed by atoms with van der Waals surface area (Å²) in [6, 6.07) is 9.82. The standard InChI is InChI=1S/C23H27F2N5O/c24-23(25)7-13-29(14-8-23)15-10-28-22(31)17-5-11-30(12-6-17)20-4-3-18(16-26)21-19(20)2-1-9-27-21/h1-4,9,17H,5-8,10-15H2,(H,28,31). The van der Waals surface area contributed by atoms with Crippen molar-refractivity contribution in [3.05, 3.63) is 36.0 Å². The van der Waals surface area contributed by atoms with Crippen molar-refractivity contribution in [2.45, 2.75) is 31.6 Å². The summed E-state index contributed by atoms with van der Waals surface area (Å²) in [6.45, 7) is 3.40. The zero-order chi connectivity index (χ0) is 21.8. The van der Waals surface area contributed by atoms with Crippen molar-refractivity contribution >= 4 is 22.5 Å². The van der Waals surface area contributed by atoms with Crippen LogP contribution in [0.5, 0.6) is 0 Å². The Kier molecular flexibility index (Phi) is 6.33. The topological polar surface area (TPSA) is 72.3 Å². The van der Waals surface area contributed by atoms with Gasteiger partial charge in [0, 0.05) is 75.3 Å². The summed E-state index contributed by atoms with van der Waals surface area (Å²) in [6.07, 6.45) is 3.00. The fourth-order valence-corrected chi connectivity index (χ4v) is 4.49. The summed E-state index contributed by atoms with van der Waals surface area (Å²) in [5, 5.41) is 13.3. The molecule has 0 bridgehead atoms. The largest absolute Gasteiger partial charge is 0.371 e. The van der Waals surface area contributed by atoms with Crippen molar-refractivity contribution in [1.82, 2.24) is 15.2 Å². The third-order valence-corrected chi connectivity index (χ3v) is 6.39. The van der Waals surface area contributed by atoms with Gasteiger partial charge in [-0.2, -0.15) is 5.26 Å². The van der Waals surface area contributed by atoms with Gasteiger partial charge in [0.05, 0.1) is 11.1 Å². The molecular formula is C23H27F2N5O. The van der Waals surface area contributed by atoms with Crippen LogP contribution in [0.1, 0.15) is 31.2 Å². The second-order valence-corrected chi connectivity index (χ2v) is 8.39. The van der Waals surface area contributed by atoms with Gasteiger partial charge in [0.15, 0.2) is 0 Å². The minimum Gasteiger partial charge on any atom is -0.371 e. The molecule has 1 amide bonds. The number of carbonyl (C=O) groups is 1. The molecule has 2 saturated heterocycles. The van der Waals surface area contributed by atoms with Crippen LogP contribution in [0.4, 0.5) is 14.5 Å². The molecule has 0 aliphatic carbocycles. The van der Waals surface area contributed by atoms with Gasteiger partial charge in [-0.3, -0.25) is 9.78 Å². The molecule has 0 spiro atoms. The average Bonchev–Trinajstić information content (AvgIpc) is 2.79. The number of alkyl halides is 2. The average molecular weight is 427 g/mol. The number of fused-ring (bicyclic) bond motifs is 1. The number of pyridine rings is 1. The lowest BCUT2D eigenvalue weighted by Gasteiger charge is -2.34. The summed E-state index contributed by atoms with van der Waals surface area (Å²) >= 11 is 0. The van der Waals surface area contributed by atoms with Crippen molar-refractivity contribution < 1.29 is 13.6 Å². The fourth-order valence-electron chi connectivity index (χ4n) is 4.49. The number of nitriles is 1. The number of carbonyl (C=O) groups excluding carboxylic acids is 1. The van der Waals surface area contributed by atoms with E-state index in [1.807, 2.05) is 23.1 Å². The quantitative estimate of drug-likeness (QED) is 0.794. The first-order valence-corrected chi connectivity index (χ1v) is 10.9. The Morgan fingerprint density at radius 3 is 2.65 bits per heavy atom. The molecule has 0 unspecified atom stereocenters. The molecule has 164 valence electrons. The van der Waals surface area contributed by atoms with Crippen LogP contribution in [0.3, 0.4) is 0 Å². The molecule has 1 N–H and O–H groups in total. The van der Waals surface area contributed by atoms with Crippen molar-refractivity contribution in [3.63, 3.8) is 0 Å². The Morgan fingerprint density at radius 1 is 1.19 bits per heavy atom. The van der Waals surface area contributed by atoms with Gasteiger partial charge in [0.25, 0.3) is 5.92 Å². The van der Waals surface area contributed by atoms with E-state index in [-0.39, 0.29) is 24.7 Å². The highest BCUT2D eigenvalue weighted by atomic mass is 19.3. The first-order valence-electron chi connectivity index (χ1n) is 10.9. The number of amides is 1. The number of hydrogen-bond donors (Lipinski definition) is 1. The normalized spacial score (nSPS) is 19.8. The zero-order valence-corrected chi connectivity index (χ0v) is 17.5. The maximum absolute atomic E-state index is 13.2. The number of nitrogens with one attached hydrogen (secondary N) is 1. The van der Waals surface area contributed by atoms with Crippen LogP contribution in [-0.2, 0) is 4.79 Å². The van der Waals surface area contributed by atoms with Gasteiger partial charge in [0.1, 0.15) is 6.07 Å². The van der Waals surface area contributed by atoms with Crippen LogP contribution in [0, 0.1) is 17.2 Å². The molecule has 2 aliphatic rings. The number of likely N-dealkylation sites (tertiary alicyclic amines) is 1. The summed E-state index contributed by atoms with van der Waals surface area (Å²) in [5.74, 6) is -2.53. The van der Waals surface area contributed by atoms with Crippen molar-refractivity contribution in [2.24, 2.45) is 5.92 Å². The smallest absolute Gasteiger partial charge is 0.250 e. The van der Waals surface area contributed by atoms with E-state index in [9.17, 15) is 18.8 Å². The van der Waals surface area contributed by atoms with Crippen LogP contribution in [0.15, 0.2) is 30.5 Å². The minimum absolute atomic E-state index is 0.0373. The van der Waals surface area contributed by atoms with E-state index in [4.69, 9.17) is 0 Å². The first kappa shape index (κ1) is 21.4. The molecule has 3 heterocycles. The lowest BCUT2D eigenvalue weighted by Crippen LogP contribution is -2.45. The van der Waals surface area contributed by atoms with Crippen molar-refractivity contribution in [1.29, 1.82) is 5.26 Å². The van der Waals surface area contributed by atoms with Crippen LogP contribution in [0.2, 0.25) is 0 Å². The Balaban J connectivity index is 1.28. The van der Waals surface area contributed by atoms with E-state index in [2.05, 4.69) is 21.3 Å². The lowest BCUT2D eigenvalue weighted by atomic mass is 9.95.